The molecule has 0 rings (SSSR count). The van der Waals surface area contributed by atoms with E-state index >= 15 is 0 Å². The van der Waals surface area contributed by atoms with Crippen molar-refractivity contribution in [2.45, 2.75) is 227 Å². The molecule has 1 N–H and O–H groups in total. The molecule has 0 aromatic carbocycles. The van der Waals surface area contributed by atoms with Gasteiger partial charge in [-0.15, -0.1) is 0 Å². The summed E-state index contributed by atoms with van der Waals surface area (Å²) in [5, 5.41) is 2.78. The molecule has 412 valence electrons. The van der Waals surface area contributed by atoms with Gasteiger partial charge in [-0.05, 0) is 77.0 Å². The number of amides is 1. The van der Waals surface area contributed by atoms with Crippen LogP contribution in [0, 0.1) is 11.8 Å². The Morgan fingerprint density at radius 1 is 0.443 bits per heavy atom. The minimum atomic E-state index is -0.221. The number of unbranched alkanes of at least 4 members (excludes halogenated alkanes) is 16. The fourth-order valence-corrected chi connectivity index (χ4v) is 8.01. The summed E-state index contributed by atoms with van der Waals surface area (Å²) >= 11 is 0. The fraction of sp³-hybridized carbons (Fsp3) is 0.895. The van der Waals surface area contributed by atoms with Crippen LogP contribution in [0.25, 0.3) is 0 Å². The van der Waals surface area contributed by atoms with Crippen LogP contribution in [-0.4, -0.2) is 123 Å². The van der Waals surface area contributed by atoms with Gasteiger partial charge in [0.1, 0.15) is 11.8 Å². The van der Waals surface area contributed by atoms with Gasteiger partial charge in [-0.25, -0.2) is 0 Å². The van der Waals surface area contributed by atoms with Gasteiger partial charge in [-0.3, -0.25) is 19.4 Å². The Bertz CT molecular complexity index is 1220. The number of allylic oxidation sites excluding steroid dienone is 1. The van der Waals surface area contributed by atoms with E-state index in [1.807, 2.05) is 0 Å². The lowest BCUT2D eigenvalue weighted by molar-refractivity contribution is -0.146. The largest absolute Gasteiger partial charge is 0.465 e. The van der Waals surface area contributed by atoms with Gasteiger partial charge in [-0.1, -0.05) is 149 Å². The minimum Gasteiger partial charge on any atom is -0.465 e. The molecule has 70 heavy (non-hydrogen) atoms. The molecule has 0 saturated heterocycles. The zero-order valence-electron chi connectivity index (χ0n) is 46.0. The Kier molecular flexibility index (Phi) is 52.5. The van der Waals surface area contributed by atoms with Crippen molar-refractivity contribution in [3.05, 3.63) is 11.8 Å². The summed E-state index contributed by atoms with van der Waals surface area (Å²) in [4.78, 5) is 41.0. The van der Waals surface area contributed by atoms with Crippen LogP contribution in [0.4, 0.5) is 0 Å². The molecule has 3 atom stereocenters. The molecule has 0 fully saturated rings. The van der Waals surface area contributed by atoms with Gasteiger partial charge in [0.15, 0.2) is 0 Å². The number of hydrogen-bond donors (Lipinski definition) is 1. The van der Waals surface area contributed by atoms with Crippen molar-refractivity contribution in [1.82, 2.24) is 5.32 Å². The maximum atomic E-state index is 12.5. The lowest BCUT2D eigenvalue weighted by atomic mass is 9.96. The summed E-state index contributed by atoms with van der Waals surface area (Å²) in [7, 11) is 0. The van der Waals surface area contributed by atoms with Gasteiger partial charge in [0.2, 0.25) is 0 Å². The van der Waals surface area contributed by atoms with Crippen LogP contribution in [0.15, 0.2) is 16.8 Å². The summed E-state index contributed by atoms with van der Waals surface area (Å²) in [5.41, 5.74) is 0.383. The molecule has 0 aromatic heterocycles. The van der Waals surface area contributed by atoms with Gasteiger partial charge in [0.25, 0.3) is 5.91 Å². The first-order valence-electron chi connectivity index (χ1n) is 28.6. The van der Waals surface area contributed by atoms with Crippen LogP contribution in [0.1, 0.15) is 221 Å². The average molecular weight is 997 g/mol. The van der Waals surface area contributed by atoms with E-state index in [9.17, 15) is 14.4 Å². The number of carbonyl (C=O) groups excluding carboxylic acids is 3. The number of carbonyl (C=O) groups is 3. The molecule has 0 spiro atoms. The smallest absolute Gasteiger partial charge is 0.305 e. The fourth-order valence-electron chi connectivity index (χ4n) is 8.01. The van der Waals surface area contributed by atoms with E-state index in [0.29, 0.717) is 123 Å². The van der Waals surface area contributed by atoms with Crippen LogP contribution in [-0.2, 0) is 52.3 Å². The van der Waals surface area contributed by atoms with Gasteiger partial charge >= 0.3 is 11.9 Å². The van der Waals surface area contributed by atoms with Gasteiger partial charge in [-0.2, -0.15) is 0 Å². The summed E-state index contributed by atoms with van der Waals surface area (Å²) < 4.78 is 46.5. The van der Waals surface area contributed by atoms with Gasteiger partial charge < -0.3 is 43.2 Å². The number of nitrogens with zero attached hydrogens (tertiary/aromatic N) is 1. The Hall–Kier alpha value is -2.42. The number of rotatable bonds is 55. The quantitative estimate of drug-likeness (QED) is 0.0268. The topological polar surface area (TPSA) is 149 Å². The zero-order chi connectivity index (χ0) is 51.2. The summed E-state index contributed by atoms with van der Waals surface area (Å²) in [6.07, 6.45) is 33.5. The summed E-state index contributed by atoms with van der Waals surface area (Å²) in [5.74, 6) is 0.685. The second kappa shape index (κ2) is 54.4. The molecular weight excluding hydrogens is 889 g/mol. The van der Waals surface area contributed by atoms with E-state index in [1.165, 1.54) is 89.9 Å². The number of hydrogen-bond acceptors (Lipinski definition) is 12. The molecule has 0 heterocycles. The summed E-state index contributed by atoms with van der Waals surface area (Å²) in [6, 6.07) is 0. The SMILES string of the molecule is CC=N/C(=C\C)C(=O)NCCOCCOCCOCCOCC(COCCCCCCCC(=O)OCC(CCCC)CCCCCC)OCCCCCCCC(=O)OCC(CCCC)CCCCCC. The lowest BCUT2D eigenvalue weighted by Crippen LogP contribution is -2.28. The second-order valence-electron chi connectivity index (χ2n) is 18.9. The number of esters is 2. The molecular formula is C57H108N2O11. The molecule has 0 aromatic rings. The Morgan fingerprint density at radius 3 is 1.34 bits per heavy atom. The number of nitrogens with one attached hydrogen (secondary N) is 1. The molecule has 0 saturated carbocycles. The standard InChI is InChI=1S/C57H108N2O11/c1-7-13-17-25-33-51(31-15-9-3)47-69-55(60)35-27-21-19-23-29-38-66-49-53(50-67-46-45-65-44-43-64-42-41-63-40-37-59-57(62)54(11-5)58-12-6)68-39-30-24-20-22-28-36-56(61)70-48-52(32-16-10-4)34-26-18-14-8-2/h11-12,51-53H,7-10,13-50H2,1-6H3,(H,59,62)/b54-11-,58-12?. The molecule has 0 aliphatic rings. The first kappa shape index (κ1) is 67.6. The van der Waals surface area contributed by atoms with E-state index in [2.05, 4.69) is 38.0 Å². The van der Waals surface area contributed by atoms with E-state index < -0.39 is 0 Å². The van der Waals surface area contributed by atoms with Crippen molar-refractivity contribution in [3.63, 3.8) is 0 Å². The van der Waals surface area contributed by atoms with Crippen molar-refractivity contribution >= 4 is 24.1 Å². The third kappa shape index (κ3) is 46.6. The lowest BCUT2D eigenvalue weighted by Gasteiger charge is -2.18. The second-order valence-corrected chi connectivity index (χ2v) is 18.9. The first-order valence-corrected chi connectivity index (χ1v) is 28.6. The van der Waals surface area contributed by atoms with Crippen molar-refractivity contribution in [3.8, 4) is 0 Å². The van der Waals surface area contributed by atoms with Crippen LogP contribution >= 0.6 is 0 Å². The monoisotopic (exact) mass is 997 g/mol. The zero-order valence-corrected chi connectivity index (χ0v) is 46.0. The average Bonchev–Trinajstić information content (AvgIpc) is 3.36. The Morgan fingerprint density at radius 2 is 0.857 bits per heavy atom. The Labute approximate surface area is 428 Å². The van der Waals surface area contributed by atoms with Crippen LogP contribution in [0.3, 0.4) is 0 Å². The van der Waals surface area contributed by atoms with Crippen LogP contribution < -0.4 is 5.32 Å². The van der Waals surface area contributed by atoms with E-state index in [0.717, 1.165) is 77.0 Å². The molecule has 0 aliphatic carbocycles. The van der Waals surface area contributed by atoms with E-state index in [1.54, 1.807) is 26.1 Å². The van der Waals surface area contributed by atoms with Crippen molar-refractivity contribution < 1.29 is 52.3 Å². The highest BCUT2D eigenvalue weighted by molar-refractivity contribution is 5.94. The number of aliphatic imine (C=N–C) groups is 1. The van der Waals surface area contributed by atoms with Crippen molar-refractivity contribution in [2.24, 2.45) is 16.8 Å². The third-order valence-corrected chi connectivity index (χ3v) is 12.4. The molecule has 0 radical (unpaired) electrons. The maximum absolute atomic E-state index is 12.5. The molecule has 1 amide bonds. The van der Waals surface area contributed by atoms with Crippen LogP contribution in [0.2, 0.25) is 0 Å². The highest BCUT2D eigenvalue weighted by atomic mass is 16.6. The third-order valence-electron chi connectivity index (χ3n) is 12.4. The Balaban J connectivity index is 4.46. The van der Waals surface area contributed by atoms with Crippen molar-refractivity contribution in [2.75, 3.05) is 92.4 Å². The minimum absolute atomic E-state index is 0.0461. The van der Waals surface area contributed by atoms with Gasteiger partial charge in [0, 0.05) is 38.8 Å². The highest BCUT2D eigenvalue weighted by Gasteiger charge is 2.15. The molecule has 3 unspecified atom stereocenters. The number of ether oxygens (including phenoxy) is 8. The van der Waals surface area contributed by atoms with Gasteiger partial charge in [0.05, 0.1) is 72.7 Å². The first-order chi connectivity index (χ1) is 34.3. The predicted molar refractivity (Wildman–Crippen MR) is 286 cm³/mol. The predicted octanol–water partition coefficient (Wildman–Crippen LogP) is 12.9. The van der Waals surface area contributed by atoms with Crippen LogP contribution in [0.5, 0.6) is 0 Å². The van der Waals surface area contributed by atoms with E-state index in [-0.39, 0.29) is 23.9 Å². The molecule has 13 heteroatoms. The molecule has 0 bridgehead atoms. The normalized spacial score (nSPS) is 13.2. The van der Waals surface area contributed by atoms with E-state index in [4.69, 9.17) is 37.9 Å². The molecule has 13 nitrogen and oxygen atoms in total. The highest BCUT2D eigenvalue weighted by Crippen LogP contribution is 2.20. The van der Waals surface area contributed by atoms with Crippen molar-refractivity contribution in [1.29, 1.82) is 0 Å². The maximum Gasteiger partial charge on any atom is 0.305 e. The molecule has 0 aliphatic heterocycles. The summed E-state index contributed by atoms with van der Waals surface area (Å²) in [6.45, 7) is 19.3.